The van der Waals surface area contributed by atoms with E-state index >= 15 is 0 Å². The van der Waals surface area contributed by atoms with Crippen molar-refractivity contribution in [3.63, 3.8) is 0 Å². The fourth-order valence-electron chi connectivity index (χ4n) is 3.20. The molecule has 0 saturated carbocycles. The molecule has 29 heavy (non-hydrogen) atoms. The van der Waals surface area contributed by atoms with Crippen molar-refractivity contribution in [2.24, 2.45) is 0 Å². The van der Waals surface area contributed by atoms with Gasteiger partial charge < -0.3 is 4.74 Å². The van der Waals surface area contributed by atoms with Crippen molar-refractivity contribution < 1.29 is 9.53 Å². The second kappa shape index (κ2) is 6.98. The van der Waals surface area contributed by atoms with Gasteiger partial charge in [-0.3, -0.25) is 10.1 Å². The number of aryl methyl sites for hydroxylation is 1. The average molecular weight is 421 g/mol. The largest absolute Gasteiger partial charge is 0.494 e. The minimum atomic E-state index is -0.178. The highest BCUT2D eigenvalue weighted by molar-refractivity contribution is 7.23. The summed E-state index contributed by atoms with van der Waals surface area (Å²) in [6.45, 7) is 1.95. The second-order valence-electron chi connectivity index (χ2n) is 6.44. The second-order valence-corrected chi connectivity index (χ2v) is 8.50. The van der Waals surface area contributed by atoms with Gasteiger partial charge in [0.25, 0.3) is 5.91 Å². The van der Waals surface area contributed by atoms with Gasteiger partial charge in [-0.15, -0.1) is 11.3 Å². The number of hydrogen-bond donors (Lipinski definition) is 1. The summed E-state index contributed by atoms with van der Waals surface area (Å²) in [7, 11) is 1.61. The summed E-state index contributed by atoms with van der Waals surface area (Å²) in [5.74, 6) is 0.517. The minimum absolute atomic E-state index is 0.178. The van der Waals surface area contributed by atoms with E-state index in [1.165, 1.54) is 22.7 Å². The van der Waals surface area contributed by atoms with E-state index in [1.807, 2.05) is 66.2 Å². The Hall–Kier alpha value is -3.23. The summed E-state index contributed by atoms with van der Waals surface area (Å²) in [6.07, 6.45) is 0. The average Bonchev–Trinajstić information content (AvgIpc) is 3.42. The first kappa shape index (κ1) is 17.8. The van der Waals surface area contributed by atoms with Gasteiger partial charge in [-0.25, -0.2) is 9.67 Å². The van der Waals surface area contributed by atoms with Gasteiger partial charge in [0.15, 0.2) is 5.13 Å². The lowest BCUT2D eigenvalue weighted by molar-refractivity contribution is 0.103. The van der Waals surface area contributed by atoms with E-state index in [-0.39, 0.29) is 5.91 Å². The summed E-state index contributed by atoms with van der Waals surface area (Å²) in [5.41, 5.74) is 2.61. The predicted molar refractivity (Wildman–Crippen MR) is 118 cm³/mol. The molecule has 0 fully saturated rings. The molecule has 5 rings (SSSR count). The summed E-state index contributed by atoms with van der Waals surface area (Å²) >= 11 is 2.85. The van der Waals surface area contributed by atoms with E-state index < -0.39 is 0 Å². The Bertz CT molecular complexity index is 1350. The third kappa shape index (κ3) is 3.06. The van der Waals surface area contributed by atoms with Crippen LogP contribution in [0.1, 0.15) is 15.4 Å². The minimum Gasteiger partial charge on any atom is -0.494 e. The van der Waals surface area contributed by atoms with Gasteiger partial charge in [0.05, 0.1) is 28.1 Å². The van der Waals surface area contributed by atoms with Crippen molar-refractivity contribution in [3.05, 3.63) is 65.2 Å². The van der Waals surface area contributed by atoms with Gasteiger partial charge >= 0.3 is 0 Å². The van der Waals surface area contributed by atoms with Gasteiger partial charge in [-0.05, 0) is 37.3 Å². The zero-order valence-corrected chi connectivity index (χ0v) is 17.3. The molecule has 0 unspecified atom stereocenters. The van der Waals surface area contributed by atoms with Crippen LogP contribution in [0.25, 0.3) is 26.1 Å². The molecule has 0 saturated heterocycles. The van der Waals surface area contributed by atoms with Crippen molar-refractivity contribution in [3.8, 4) is 11.4 Å². The Morgan fingerprint density at radius 1 is 1.10 bits per heavy atom. The number of para-hydroxylation sites is 2. The van der Waals surface area contributed by atoms with Crippen LogP contribution in [0.3, 0.4) is 0 Å². The lowest BCUT2D eigenvalue weighted by Gasteiger charge is -2.01. The van der Waals surface area contributed by atoms with Crippen LogP contribution < -0.4 is 10.1 Å². The van der Waals surface area contributed by atoms with E-state index in [0.29, 0.717) is 15.8 Å². The summed E-state index contributed by atoms with van der Waals surface area (Å²) in [6, 6.07) is 17.5. The lowest BCUT2D eigenvalue weighted by atomic mass is 10.3. The SMILES string of the molecule is COc1cccc2sc(NC(=O)c3cc4c(C)nn(-c5ccccc5)c4s3)nc12. The number of carbonyl (C=O) groups excluding carboxylic acids is 1. The first-order chi connectivity index (χ1) is 14.1. The summed E-state index contributed by atoms with van der Waals surface area (Å²) in [4.78, 5) is 19.0. The van der Waals surface area contributed by atoms with Crippen molar-refractivity contribution in [1.82, 2.24) is 14.8 Å². The summed E-state index contributed by atoms with van der Waals surface area (Å²) < 4.78 is 8.20. The topological polar surface area (TPSA) is 69.0 Å². The van der Waals surface area contributed by atoms with E-state index in [1.54, 1.807) is 7.11 Å². The highest BCUT2D eigenvalue weighted by atomic mass is 32.1. The molecule has 1 amide bonds. The van der Waals surface area contributed by atoms with E-state index in [4.69, 9.17) is 4.74 Å². The van der Waals surface area contributed by atoms with Crippen LogP contribution >= 0.6 is 22.7 Å². The lowest BCUT2D eigenvalue weighted by Crippen LogP contribution is -2.09. The predicted octanol–water partition coefficient (Wildman–Crippen LogP) is 5.27. The normalized spacial score (nSPS) is 11.2. The monoisotopic (exact) mass is 420 g/mol. The number of rotatable bonds is 4. The number of anilines is 1. The quantitative estimate of drug-likeness (QED) is 0.430. The third-order valence-electron chi connectivity index (χ3n) is 4.59. The molecule has 0 radical (unpaired) electrons. The van der Waals surface area contributed by atoms with Crippen LogP contribution in [0.5, 0.6) is 5.75 Å². The number of thiazole rings is 1. The Labute approximate surface area is 174 Å². The molecule has 2 aromatic carbocycles. The zero-order valence-electron chi connectivity index (χ0n) is 15.7. The van der Waals surface area contributed by atoms with Gasteiger partial charge in [0.1, 0.15) is 16.1 Å². The number of methoxy groups -OCH3 is 1. The number of thiophene rings is 1. The third-order valence-corrected chi connectivity index (χ3v) is 6.64. The Morgan fingerprint density at radius 3 is 2.72 bits per heavy atom. The number of nitrogens with one attached hydrogen (secondary N) is 1. The first-order valence-corrected chi connectivity index (χ1v) is 10.6. The molecule has 6 nitrogen and oxygen atoms in total. The Balaban J connectivity index is 1.49. The standard InChI is InChI=1S/C21H16N4O2S2/c1-12-14-11-17(28-20(14)25(24-12)13-7-4-3-5-8-13)19(26)23-21-22-18-15(27-2)9-6-10-16(18)29-21/h3-11H,1-2H3,(H,22,23,26). The molecule has 0 aliphatic carbocycles. The van der Waals surface area contributed by atoms with Crippen LogP contribution in [-0.4, -0.2) is 27.8 Å². The number of ether oxygens (including phenoxy) is 1. The number of amides is 1. The summed E-state index contributed by atoms with van der Waals surface area (Å²) in [5, 5.41) is 9.08. The molecule has 3 heterocycles. The van der Waals surface area contributed by atoms with E-state index in [0.717, 1.165) is 31.8 Å². The fraction of sp³-hybridized carbons (Fsp3) is 0.0952. The molecule has 0 atom stereocenters. The molecule has 144 valence electrons. The van der Waals surface area contributed by atoms with Gasteiger partial charge in [0, 0.05) is 5.39 Å². The highest BCUT2D eigenvalue weighted by Gasteiger charge is 2.18. The van der Waals surface area contributed by atoms with Crippen molar-refractivity contribution in [1.29, 1.82) is 0 Å². The van der Waals surface area contributed by atoms with Crippen molar-refractivity contribution >= 4 is 54.1 Å². The molecule has 0 aliphatic rings. The Kier molecular flexibility index (Phi) is 4.30. The van der Waals surface area contributed by atoms with Crippen LogP contribution in [-0.2, 0) is 0 Å². The maximum atomic E-state index is 12.9. The molecule has 0 spiro atoms. The number of aromatic nitrogens is 3. The fourth-order valence-corrected chi connectivity index (χ4v) is 5.16. The first-order valence-electron chi connectivity index (χ1n) is 8.93. The van der Waals surface area contributed by atoms with Gasteiger partial charge in [-0.1, -0.05) is 35.6 Å². The number of carbonyl (C=O) groups is 1. The van der Waals surface area contributed by atoms with Gasteiger partial charge in [0.2, 0.25) is 0 Å². The van der Waals surface area contributed by atoms with E-state index in [2.05, 4.69) is 15.4 Å². The van der Waals surface area contributed by atoms with E-state index in [9.17, 15) is 4.79 Å². The smallest absolute Gasteiger partial charge is 0.267 e. The van der Waals surface area contributed by atoms with Crippen molar-refractivity contribution in [2.45, 2.75) is 6.92 Å². The van der Waals surface area contributed by atoms with Crippen LogP contribution in [0.4, 0.5) is 5.13 Å². The van der Waals surface area contributed by atoms with Crippen LogP contribution in [0.2, 0.25) is 0 Å². The molecule has 0 bridgehead atoms. The Morgan fingerprint density at radius 2 is 1.93 bits per heavy atom. The molecule has 8 heteroatoms. The maximum absolute atomic E-state index is 12.9. The molecule has 1 N–H and O–H groups in total. The van der Waals surface area contributed by atoms with Crippen molar-refractivity contribution in [2.75, 3.05) is 12.4 Å². The number of hydrogen-bond acceptors (Lipinski definition) is 6. The zero-order chi connectivity index (χ0) is 20.0. The van der Waals surface area contributed by atoms with Crippen LogP contribution in [0, 0.1) is 6.92 Å². The number of nitrogens with zero attached hydrogens (tertiary/aromatic N) is 3. The molecule has 0 aliphatic heterocycles. The molecule has 3 aromatic heterocycles. The number of benzene rings is 2. The van der Waals surface area contributed by atoms with Crippen LogP contribution in [0.15, 0.2) is 54.6 Å². The van der Waals surface area contributed by atoms with Gasteiger partial charge in [-0.2, -0.15) is 5.10 Å². The molecular formula is C21H16N4O2S2. The number of fused-ring (bicyclic) bond motifs is 2. The molecule has 5 aromatic rings. The molecular weight excluding hydrogens is 404 g/mol. The highest BCUT2D eigenvalue weighted by Crippen LogP contribution is 2.34. The maximum Gasteiger partial charge on any atom is 0.267 e.